The van der Waals surface area contributed by atoms with E-state index in [4.69, 9.17) is 0 Å². The van der Waals surface area contributed by atoms with Crippen molar-refractivity contribution in [2.45, 2.75) is 32.4 Å². The molecule has 0 saturated heterocycles. The van der Waals surface area contributed by atoms with Crippen LogP contribution in [0.5, 0.6) is 0 Å². The Balaban J connectivity index is 2.38. The summed E-state index contributed by atoms with van der Waals surface area (Å²) in [4.78, 5) is 4.06. The molecule has 7 heteroatoms. The summed E-state index contributed by atoms with van der Waals surface area (Å²) in [5.41, 5.74) is 0. The number of hydrogen-bond acceptors (Lipinski definition) is 4. The van der Waals surface area contributed by atoms with Crippen LogP contribution in [-0.2, 0) is 0 Å². The normalized spacial score (nSPS) is 12.1. The number of rotatable bonds is 4. The number of nitrogens with one attached hydrogen (secondary N) is 1. The fraction of sp³-hybridized carbons (Fsp3) is 0.750. The van der Waals surface area contributed by atoms with Gasteiger partial charge in [-0.15, -0.1) is 0 Å². The smallest absolute Gasteiger partial charge is 0.360 e. The van der Waals surface area contributed by atoms with E-state index in [1.54, 1.807) is 0 Å². The van der Waals surface area contributed by atoms with Gasteiger partial charge in [0.05, 0.1) is 6.42 Å². The second-order valence-electron chi connectivity index (χ2n) is 3.40. The molecule has 3 nitrogen and oxygen atoms in total. The predicted molar refractivity (Wildman–Crippen MR) is 53.2 cm³/mol. The summed E-state index contributed by atoms with van der Waals surface area (Å²) in [6, 6.07) is 0. The van der Waals surface area contributed by atoms with Gasteiger partial charge in [-0.05, 0) is 0 Å². The maximum atomic E-state index is 11.8. The molecule has 0 aliphatic rings. The Bertz CT molecular complexity index is 308. The van der Waals surface area contributed by atoms with Crippen molar-refractivity contribution in [1.82, 2.24) is 9.36 Å². The molecular formula is C8H12F3N3S. The van der Waals surface area contributed by atoms with Crippen LogP contribution in [0.25, 0.3) is 0 Å². The molecule has 0 atom stereocenters. The minimum atomic E-state index is -4.13. The van der Waals surface area contributed by atoms with Gasteiger partial charge in [0.25, 0.3) is 0 Å². The van der Waals surface area contributed by atoms with Crippen molar-refractivity contribution in [3.8, 4) is 0 Å². The molecule has 1 heterocycles. The van der Waals surface area contributed by atoms with Gasteiger partial charge in [0, 0.05) is 24.0 Å². The lowest BCUT2D eigenvalue weighted by Crippen LogP contribution is -2.14. The summed E-state index contributed by atoms with van der Waals surface area (Å²) in [5.74, 6) is 0.855. The van der Waals surface area contributed by atoms with Crippen molar-refractivity contribution >= 4 is 16.7 Å². The number of anilines is 1. The number of aromatic nitrogens is 2. The van der Waals surface area contributed by atoms with E-state index in [1.807, 2.05) is 13.8 Å². The van der Waals surface area contributed by atoms with Crippen molar-refractivity contribution in [2.75, 3.05) is 11.9 Å². The van der Waals surface area contributed by atoms with Crippen LogP contribution in [0.15, 0.2) is 0 Å². The number of nitrogens with zero attached hydrogens (tertiary/aromatic N) is 2. The average Bonchev–Trinajstić information content (AvgIpc) is 2.50. The van der Waals surface area contributed by atoms with E-state index in [0.717, 1.165) is 11.5 Å². The topological polar surface area (TPSA) is 37.8 Å². The van der Waals surface area contributed by atoms with Gasteiger partial charge in [0.15, 0.2) is 0 Å². The molecule has 15 heavy (non-hydrogen) atoms. The molecule has 1 aromatic rings. The zero-order valence-corrected chi connectivity index (χ0v) is 9.24. The Hall–Kier alpha value is -0.850. The van der Waals surface area contributed by atoms with E-state index < -0.39 is 12.6 Å². The Labute approximate surface area is 89.9 Å². The molecule has 86 valence electrons. The Morgan fingerprint density at radius 3 is 2.53 bits per heavy atom. The Kier molecular flexibility index (Phi) is 3.90. The van der Waals surface area contributed by atoms with Gasteiger partial charge in [-0.1, -0.05) is 13.8 Å². The summed E-state index contributed by atoms with van der Waals surface area (Å²) in [5, 5.41) is 3.05. The summed E-state index contributed by atoms with van der Waals surface area (Å²) >= 11 is 1.09. The minimum absolute atomic E-state index is 0.157. The lowest BCUT2D eigenvalue weighted by atomic mass is 10.2. The second-order valence-corrected chi connectivity index (χ2v) is 4.16. The van der Waals surface area contributed by atoms with Gasteiger partial charge >= 0.3 is 6.18 Å². The van der Waals surface area contributed by atoms with Gasteiger partial charge in [0.1, 0.15) is 5.82 Å². The molecule has 0 unspecified atom stereocenters. The lowest BCUT2D eigenvalue weighted by Gasteiger charge is -2.05. The Morgan fingerprint density at radius 1 is 1.40 bits per heavy atom. The summed E-state index contributed by atoms with van der Waals surface area (Å²) < 4.78 is 39.5. The monoisotopic (exact) mass is 239 g/mol. The zero-order valence-electron chi connectivity index (χ0n) is 8.43. The van der Waals surface area contributed by atoms with Crippen molar-refractivity contribution in [3.63, 3.8) is 0 Å². The van der Waals surface area contributed by atoms with Crippen LogP contribution < -0.4 is 5.32 Å². The molecule has 0 aliphatic heterocycles. The molecule has 0 amide bonds. The molecular weight excluding hydrogens is 227 g/mol. The third-order valence-corrected chi connectivity index (χ3v) is 2.33. The maximum absolute atomic E-state index is 11.8. The molecule has 0 fully saturated rings. The van der Waals surface area contributed by atoms with Gasteiger partial charge < -0.3 is 5.32 Å². The minimum Gasteiger partial charge on any atom is -0.360 e. The van der Waals surface area contributed by atoms with Crippen LogP contribution in [0.4, 0.5) is 18.3 Å². The molecule has 0 aromatic carbocycles. The number of hydrogen-bond donors (Lipinski definition) is 1. The average molecular weight is 239 g/mol. The molecule has 0 aliphatic carbocycles. The van der Waals surface area contributed by atoms with Crippen LogP contribution >= 0.6 is 11.5 Å². The van der Waals surface area contributed by atoms with Crippen LogP contribution in [0.1, 0.15) is 32.0 Å². The lowest BCUT2D eigenvalue weighted by molar-refractivity contribution is -0.131. The summed E-state index contributed by atoms with van der Waals surface area (Å²) in [6.07, 6.45) is -4.98. The SMILES string of the molecule is CC(C)c1nsc(NCCC(F)(F)F)n1. The van der Waals surface area contributed by atoms with E-state index in [1.165, 1.54) is 0 Å². The van der Waals surface area contributed by atoms with Gasteiger partial charge in [-0.2, -0.15) is 17.5 Å². The van der Waals surface area contributed by atoms with Crippen molar-refractivity contribution in [1.29, 1.82) is 0 Å². The summed E-state index contributed by atoms with van der Waals surface area (Å²) in [6.45, 7) is 3.71. The first-order chi connectivity index (χ1) is 6.88. The van der Waals surface area contributed by atoms with Crippen LogP contribution in [0.3, 0.4) is 0 Å². The van der Waals surface area contributed by atoms with Gasteiger partial charge in [-0.25, -0.2) is 4.98 Å². The third-order valence-electron chi connectivity index (χ3n) is 1.64. The van der Waals surface area contributed by atoms with Crippen molar-refractivity contribution in [3.05, 3.63) is 5.82 Å². The molecule has 0 bridgehead atoms. The van der Waals surface area contributed by atoms with E-state index in [-0.39, 0.29) is 12.5 Å². The molecule has 1 rings (SSSR count). The highest BCUT2D eigenvalue weighted by atomic mass is 32.1. The first-order valence-corrected chi connectivity index (χ1v) is 5.30. The maximum Gasteiger partial charge on any atom is 0.390 e. The highest BCUT2D eigenvalue weighted by Crippen LogP contribution is 2.21. The molecule has 0 spiro atoms. The molecule has 1 N–H and O–H groups in total. The summed E-state index contributed by atoms with van der Waals surface area (Å²) in [7, 11) is 0. The number of alkyl halides is 3. The van der Waals surface area contributed by atoms with Crippen LogP contribution in [0.2, 0.25) is 0 Å². The fourth-order valence-electron chi connectivity index (χ4n) is 0.852. The molecule has 0 saturated carbocycles. The standard InChI is InChI=1S/C8H12F3N3S/c1-5(2)6-13-7(15-14-6)12-4-3-8(9,10)11/h5H,3-4H2,1-2H3,(H,12,13,14). The number of halogens is 3. The molecule has 1 aromatic heterocycles. The zero-order chi connectivity index (χ0) is 11.5. The van der Waals surface area contributed by atoms with E-state index >= 15 is 0 Å². The molecule has 0 radical (unpaired) electrons. The van der Waals surface area contributed by atoms with Crippen molar-refractivity contribution < 1.29 is 13.2 Å². The van der Waals surface area contributed by atoms with Gasteiger partial charge in [-0.3, -0.25) is 0 Å². The highest BCUT2D eigenvalue weighted by Gasteiger charge is 2.26. The first kappa shape index (κ1) is 12.2. The van der Waals surface area contributed by atoms with E-state index in [9.17, 15) is 13.2 Å². The quantitative estimate of drug-likeness (QED) is 0.877. The second kappa shape index (κ2) is 4.78. The van der Waals surface area contributed by atoms with E-state index in [2.05, 4.69) is 14.7 Å². The fourth-order valence-corrected chi connectivity index (χ4v) is 1.58. The largest absolute Gasteiger partial charge is 0.390 e. The Morgan fingerprint density at radius 2 is 2.07 bits per heavy atom. The first-order valence-electron chi connectivity index (χ1n) is 4.52. The van der Waals surface area contributed by atoms with E-state index in [0.29, 0.717) is 11.0 Å². The predicted octanol–water partition coefficient (Wildman–Crippen LogP) is 3.03. The van der Waals surface area contributed by atoms with Crippen LogP contribution in [0, 0.1) is 0 Å². The highest BCUT2D eigenvalue weighted by molar-refractivity contribution is 7.09. The van der Waals surface area contributed by atoms with Gasteiger partial charge in [0.2, 0.25) is 5.13 Å². The van der Waals surface area contributed by atoms with Crippen molar-refractivity contribution in [2.24, 2.45) is 0 Å². The third kappa shape index (κ3) is 4.46. The van der Waals surface area contributed by atoms with Crippen LogP contribution in [-0.4, -0.2) is 22.1 Å².